The van der Waals surface area contributed by atoms with Gasteiger partial charge in [-0.2, -0.15) is 0 Å². The van der Waals surface area contributed by atoms with E-state index in [4.69, 9.17) is 13.6 Å². The molecule has 2 heterocycles. The highest BCUT2D eigenvalue weighted by Crippen LogP contribution is 2.20. The third-order valence-corrected chi connectivity index (χ3v) is 3.74. The highest BCUT2D eigenvalue weighted by atomic mass is 16.5. The van der Waals surface area contributed by atoms with Crippen LogP contribution in [0.5, 0.6) is 5.75 Å². The lowest BCUT2D eigenvalue weighted by atomic mass is 10.0. The molecule has 0 saturated heterocycles. The zero-order chi connectivity index (χ0) is 17.7. The van der Waals surface area contributed by atoms with Crippen LogP contribution in [0.1, 0.15) is 28.8 Å². The minimum absolute atomic E-state index is 0.0149. The maximum absolute atomic E-state index is 12.4. The van der Waals surface area contributed by atoms with Crippen LogP contribution in [0.25, 0.3) is 0 Å². The fourth-order valence-electron chi connectivity index (χ4n) is 2.33. The van der Waals surface area contributed by atoms with E-state index in [2.05, 4.69) is 5.32 Å². The van der Waals surface area contributed by atoms with Crippen molar-refractivity contribution in [3.05, 3.63) is 78.1 Å². The predicted molar refractivity (Wildman–Crippen MR) is 90.1 cm³/mol. The molecular formula is C19H19NO5. The Morgan fingerprint density at radius 3 is 2.64 bits per heavy atom. The zero-order valence-corrected chi connectivity index (χ0v) is 13.8. The van der Waals surface area contributed by atoms with E-state index in [-0.39, 0.29) is 18.9 Å². The van der Waals surface area contributed by atoms with Crippen LogP contribution in [-0.4, -0.2) is 17.6 Å². The van der Waals surface area contributed by atoms with Crippen LogP contribution in [0.2, 0.25) is 0 Å². The summed E-state index contributed by atoms with van der Waals surface area (Å²) in [4.78, 5) is 12.4. The molecule has 1 unspecified atom stereocenters. The lowest BCUT2D eigenvalue weighted by Gasteiger charge is -2.20. The second kappa shape index (κ2) is 7.27. The summed E-state index contributed by atoms with van der Waals surface area (Å²) >= 11 is 0. The van der Waals surface area contributed by atoms with Crippen LogP contribution in [0.4, 0.5) is 0 Å². The fraction of sp³-hybridized carbons (Fsp3) is 0.211. The number of hydrogen-bond acceptors (Lipinski definition) is 5. The van der Waals surface area contributed by atoms with Gasteiger partial charge in [0.05, 0.1) is 19.1 Å². The number of carbonyl (C=O) groups excluding carboxylic acids is 1. The maximum atomic E-state index is 12.4. The van der Waals surface area contributed by atoms with E-state index < -0.39 is 11.5 Å². The molecule has 25 heavy (non-hydrogen) atoms. The molecule has 3 aromatic rings. The summed E-state index contributed by atoms with van der Waals surface area (Å²) in [5.74, 6) is 0.811. The molecule has 0 fully saturated rings. The number of furan rings is 2. The first kappa shape index (κ1) is 16.9. The van der Waals surface area contributed by atoms with Crippen LogP contribution in [0.3, 0.4) is 0 Å². The Morgan fingerprint density at radius 2 is 1.92 bits per heavy atom. The number of nitrogens with one attached hydrogen (secondary N) is 1. The number of para-hydroxylation sites is 1. The van der Waals surface area contributed by atoms with Gasteiger partial charge in [-0.25, -0.2) is 0 Å². The molecule has 1 atom stereocenters. The third kappa shape index (κ3) is 4.10. The Morgan fingerprint density at radius 1 is 1.12 bits per heavy atom. The average molecular weight is 341 g/mol. The van der Waals surface area contributed by atoms with E-state index >= 15 is 0 Å². The quantitative estimate of drug-likeness (QED) is 0.690. The summed E-state index contributed by atoms with van der Waals surface area (Å²) in [7, 11) is 0. The molecule has 6 nitrogen and oxygen atoms in total. The van der Waals surface area contributed by atoms with E-state index in [0.29, 0.717) is 17.1 Å². The number of rotatable bonds is 7. The van der Waals surface area contributed by atoms with E-state index in [1.807, 2.05) is 30.3 Å². The van der Waals surface area contributed by atoms with Gasteiger partial charge in [0.1, 0.15) is 23.7 Å². The minimum atomic E-state index is -1.31. The smallest absolute Gasteiger partial charge is 0.287 e. The highest BCUT2D eigenvalue weighted by molar-refractivity contribution is 5.92. The number of hydrogen-bond donors (Lipinski definition) is 2. The Labute approximate surface area is 145 Å². The molecular weight excluding hydrogens is 322 g/mol. The van der Waals surface area contributed by atoms with Crippen molar-refractivity contribution in [2.45, 2.75) is 19.1 Å². The van der Waals surface area contributed by atoms with Gasteiger partial charge < -0.3 is 24.0 Å². The molecule has 0 bridgehead atoms. The topological polar surface area (TPSA) is 84.8 Å². The first-order chi connectivity index (χ1) is 12.1. The summed E-state index contributed by atoms with van der Waals surface area (Å²) in [6.45, 7) is 1.75. The SMILES string of the molecule is CC(O)(CNC(=O)c1occc1COc1ccccc1)c1ccco1. The number of benzene rings is 1. The van der Waals surface area contributed by atoms with Gasteiger partial charge in [-0.1, -0.05) is 18.2 Å². The van der Waals surface area contributed by atoms with Gasteiger partial charge in [0.25, 0.3) is 5.91 Å². The molecule has 0 radical (unpaired) electrons. The molecule has 0 saturated carbocycles. The summed E-state index contributed by atoms with van der Waals surface area (Å²) in [6, 6.07) is 14.3. The van der Waals surface area contributed by atoms with Crippen LogP contribution in [0.15, 0.2) is 69.9 Å². The fourth-order valence-corrected chi connectivity index (χ4v) is 2.33. The first-order valence-corrected chi connectivity index (χ1v) is 7.85. The van der Waals surface area contributed by atoms with Crippen LogP contribution >= 0.6 is 0 Å². The van der Waals surface area contributed by atoms with Crippen molar-refractivity contribution >= 4 is 5.91 Å². The van der Waals surface area contributed by atoms with Crippen molar-refractivity contribution in [3.8, 4) is 5.75 Å². The molecule has 0 spiro atoms. The van der Waals surface area contributed by atoms with E-state index in [1.54, 1.807) is 25.1 Å². The molecule has 6 heteroatoms. The maximum Gasteiger partial charge on any atom is 0.287 e. The van der Waals surface area contributed by atoms with Gasteiger partial charge in [-0.3, -0.25) is 4.79 Å². The summed E-state index contributed by atoms with van der Waals surface area (Å²) in [5.41, 5.74) is -0.689. The second-order valence-corrected chi connectivity index (χ2v) is 5.81. The van der Waals surface area contributed by atoms with Gasteiger partial charge in [-0.15, -0.1) is 0 Å². The monoisotopic (exact) mass is 341 g/mol. The number of amides is 1. The predicted octanol–water partition coefficient (Wildman–Crippen LogP) is 3.09. The normalized spacial score (nSPS) is 13.2. The lowest BCUT2D eigenvalue weighted by Crippen LogP contribution is -2.38. The largest absolute Gasteiger partial charge is 0.489 e. The molecule has 1 amide bonds. The number of aliphatic hydroxyl groups is 1. The molecule has 0 aliphatic rings. The highest BCUT2D eigenvalue weighted by Gasteiger charge is 2.28. The van der Waals surface area contributed by atoms with E-state index in [9.17, 15) is 9.90 Å². The van der Waals surface area contributed by atoms with E-state index in [1.165, 1.54) is 12.5 Å². The average Bonchev–Trinajstić information content (AvgIpc) is 3.30. The van der Waals surface area contributed by atoms with Crippen LogP contribution in [0, 0.1) is 0 Å². The van der Waals surface area contributed by atoms with Gasteiger partial charge in [0, 0.05) is 5.56 Å². The van der Waals surface area contributed by atoms with Crippen molar-refractivity contribution < 1.29 is 23.5 Å². The van der Waals surface area contributed by atoms with Crippen LogP contribution < -0.4 is 10.1 Å². The summed E-state index contributed by atoms with van der Waals surface area (Å²) in [5, 5.41) is 13.0. The molecule has 0 aliphatic carbocycles. The molecule has 130 valence electrons. The third-order valence-electron chi connectivity index (χ3n) is 3.74. The van der Waals surface area contributed by atoms with Crippen molar-refractivity contribution in [1.82, 2.24) is 5.32 Å². The Bertz CT molecular complexity index is 805. The Kier molecular flexibility index (Phi) is 4.90. The minimum Gasteiger partial charge on any atom is -0.489 e. The molecule has 0 aliphatic heterocycles. The summed E-state index contributed by atoms with van der Waals surface area (Å²) in [6.07, 6.45) is 2.90. The van der Waals surface area contributed by atoms with Gasteiger partial charge >= 0.3 is 0 Å². The lowest BCUT2D eigenvalue weighted by molar-refractivity contribution is 0.0325. The van der Waals surface area contributed by atoms with Crippen molar-refractivity contribution in [2.75, 3.05) is 6.54 Å². The first-order valence-electron chi connectivity index (χ1n) is 7.85. The molecule has 1 aromatic carbocycles. The Hall–Kier alpha value is -2.99. The van der Waals surface area contributed by atoms with Crippen molar-refractivity contribution in [3.63, 3.8) is 0 Å². The van der Waals surface area contributed by atoms with Crippen LogP contribution in [-0.2, 0) is 12.2 Å². The molecule has 3 rings (SSSR count). The molecule has 2 N–H and O–H groups in total. The second-order valence-electron chi connectivity index (χ2n) is 5.81. The van der Waals surface area contributed by atoms with Gasteiger partial charge in [0.2, 0.25) is 0 Å². The molecule has 2 aromatic heterocycles. The van der Waals surface area contributed by atoms with Crippen molar-refractivity contribution in [1.29, 1.82) is 0 Å². The number of ether oxygens (including phenoxy) is 1. The number of carbonyl (C=O) groups is 1. The van der Waals surface area contributed by atoms with Gasteiger partial charge in [-0.05, 0) is 37.3 Å². The Balaban J connectivity index is 1.60. The zero-order valence-electron chi connectivity index (χ0n) is 13.8. The summed E-state index contributed by atoms with van der Waals surface area (Å²) < 4.78 is 16.1. The standard InChI is InChI=1S/C19H19NO5/c1-19(22,16-8-5-10-23-16)13-20-18(21)17-14(9-11-24-17)12-25-15-6-3-2-4-7-15/h2-11,22H,12-13H2,1H3,(H,20,21). The van der Waals surface area contributed by atoms with Crippen molar-refractivity contribution in [2.24, 2.45) is 0 Å². The van der Waals surface area contributed by atoms with E-state index in [0.717, 1.165) is 0 Å². The van der Waals surface area contributed by atoms with Gasteiger partial charge in [0.15, 0.2) is 5.76 Å².